The van der Waals surface area contributed by atoms with E-state index < -0.39 is 0 Å². The van der Waals surface area contributed by atoms with Crippen LogP contribution in [-0.2, 0) is 9.59 Å². The molecule has 3 fully saturated rings. The smallest absolute Gasteiger partial charge is 0.235 e. The average Bonchev–Trinajstić information content (AvgIpc) is 2.84. The summed E-state index contributed by atoms with van der Waals surface area (Å²) in [5.74, 6) is 2.51. The zero-order valence-corrected chi connectivity index (χ0v) is 14.3. The third kappa shape index (κ3) is 2.05. The second-order valence-electron chi connectivity index (χ2n) is 8.79. The van der Waals surface area contributed by atoms with E-state index in [9.17, 15) is 9.59 Å². The number of rotatable bonds is 1. The number of allylic oxidation sites excluding steroid dienone is 1. The minimum absolute atomic E-state index is 0.0398. The van der Waals surface area contributed by atoms with Crippen molar-refractivity contribution in [1.82, 2.24) is 0 Å². The van der Waals surface area contributed by atoms with Gasteiger partial charge in [-0.25, -0.2) is 9.79 Å². The largest absolute Gasteiger partial charge is 0.299 e. The molecule has 0 aliphatic heterocycles. The number of hydrogen-bond acceptors (Lipinski definition) is 3. The van der Waals surface area contributed by atoms with Gasteiger partial charge in [-0.1, -0.05) is 25.5 Å². The molecule has 3 saturated carbocycles. The number of isocyanates is 1. The summed E-state index contributed by atoms with van der Waals surface area (Å²) in [6.07, 6.45) is 12.6. The molecule has 4 rings (SSSR count). The summed E-state index contributed by atoms with van der Waals surface area (Å²) < 4.78 is 0. The lowest BCUT2D eigenvalue weighted by molar-refractivity contribution is -0.131. The van der Waals surface area contributed by atoms with E-state index in [0.29, 0.717) is 23.5 Å². The topological polar surface area (TPSA) is 46.5 Å². The Bertz CT molecular complexity index is 617. The van der Waals surface area contributed by atoms with Gasteiger partial charge in [-0.2, -0.15) is 0 Å². The molecule has 0 amide bonds. The predicted molar refractivity (Wildman–Crippen MR) is 88.6 cm³/mol. The molecule has 124 valence electrons. The quantitative estimate of drug-likeness (QED) is 0.413. The number of fused-ring (bicyclic) bond motifs is 5. The molecular weight excluding hydrogens is 286 g/mol. The summed E-state index contributed by atoms with van der Waals surface area (Å²) in [6, 6.07) is 0.144. The van der Waals surface area contributed by atoms with Gasteiger partial charge in [0.2, 0.25) is 6.08 Å². The first-order chi connectivity index (χ1) is 11.0. The van der Waals surface area contributed by atoms with Crippen molar-refractivity contribution in [2.24, 2.45) is 33.6 Å². The Morgan fingerprint density at radius 1 is 1.13 bits per heavy atom. The second-order valence-corrected chi connectivity index (χ2v) is 8.79. The second kappa shape index (κ2) is 5.14. The minimum Gasteiger partial charge on any atom is -0.299 e. The molecule has 3 heteroatoms. The Kier molecular flexibility index (Phi) is 3.43. The molecule has 3 nitrogen and oxygen atoms in total. The fraction of sp³-hybridized carbons (Fsp3) is 0.800. The van der Waals surface area contributed by atoms with Crippen molar-refractivity contribution in [3.8, 4) is 0 Å². The number of ketones is 1. The first-order valence-electron chi connectivity index (χ1n) is 9.29. The molecule has 0 heterocycles. The zero-order valence-electron chi connectivity index (χ0n) is 14.3. The molecule has 0 radical (unpaired) electrons. The van der Waals surface area contributed by atoms with Crippen LogP contribution in [0.1, 0.15) is 65.2 Å². The van der Waals surface area contributed by atoms with Crippen molar-refractivity contribution in [2.45, 2.75) is 71.3 Å². The summed E-state index contributed by atoms with van der Waals surface area (Å²) in [7, 11) is 0. The molecule has 0 saturated heterocycles. The van der Waals surface area contributed by atoms with Crippen LogP contribution in [0.3, 0.4) is 0 Å². The van der Waals surface area contributed by atoms with Gasteiger partial charge in [0.1, 0.15) is 5.78 Å². The highest BCUT2D eigenvalue weighted by Crippen LogP contribution is 2.64. The lowest BCUT2D eigenvalue weighted by atomic mass is 9.48. The van der Waals surface area contributed by atoms with E-state index in [1.807, 2.05) is 0 Å². The molecule has 0 aromatic carbocycles. The molecule has 4 aliphatic carbocycles. The van der Waals surface area contributed by atoms with Crippen LogP contribution in [0.4, 0.5) is 0 Å². The molecule has 0 N–H and O–H groups in total. The van der Waals surface area contributed by atoms with Crippen LogP contribution in [0.15, 0.2) is 16.6 Å². The van der Waals surface area contributed by atoms with Gasteiger partial charge in [-0.3, -0.25) is 4.79 Å². The van der Waals surface area contributed by atoms with Crippen molar-refractivity contribution in [2.75, 3.05) is 0 Å². The average molecular weight is 313 g/mol. The van der Waals surface area contributed by atoms with Crippen LogP contribution >= 0.6 is 0 Å². The maximum absolute atomic E-state index is 12.4. The summed E-state index contributed by atoms with van der Waals surface area (Å²) >= 11 is 0. The summed E-state index contributed by atoms with van der Waals surface area (Å²) in [5.41, 5.74) is 1.76. The molecule has 23 heavy (non-hydrogen) atoms. The first-order valence-corrected chi connectivity index (χ1v) is 9.29. The van der Waals surface area contributed by atoms with Gasteiger partial charge in [-0.05, 0) is 68.1 Å². The van der Waals surface area contributed by atoms with Crippen LogP contribution in [0, 0.1) is 28.6 Å². The van der Waals surface area contributed by atoms with Crippen LogP contribution in [0.2, 0.25) is 0 Å². The Labute approximate surface area is 138 Å². The minimum atomic E-state index is -0.0398. The van der Waals surface area contributed by atoms with Crippen molar-refractivity contribution >= 4 is 11.9 Å². The number of carbonyl (C=O) groups excluding carboxylic acids is 2. The highest BCUT2D eigenvalue weighted by atomic mass is 16.1. The van der Waals surface area contributed by atoms with E-state index in [4.69, 9.17) is 0 Å². The highest BCUT2D eigenvalue weighted by molar-refractivity contribution is 5.87. The van der Waals surface area contributed by atoms with Gasteiger partial charge < -0.3 is 0 Å². The fourth-order valence-corrected chi connectivity index (χ4v) is 6.60. The SMILES string of the molecule is CC12CCC3C(CC=C4CC(N=C=O)CCC43C)C1CCC2=O. The van der Waals surface area contributed by atoms with Crippen molar-refractivity contribution < 1.29 is 9.59 Å². The predicted octanol–water partition coefficient (Wildman–Crippen LogP) is 4.22. The monoisotopic (exact) mass is 313 g/mol. The third-order valence-corrected chi connectivity index (χ3v) is 8.02. The van der Waals surface area contributed by atoms with E-state index in [1.54, 1.807) is 6.08 Å². The van der Waals surface area contributed by atoms with Crippen LogP contribution in [-0.4, -0.2) is 17.9 Å². The van der Waals surface area contributed by atoms with Gasteiger partial charge in [0.25, 0.3) is 0 Å². The molecule has 4 aliphatic rings. The van der Waals surface area contributed by atoms with E-state index in [2.05, 4.69) is 24.9 Å². The Morgan fingerprint density at radius 2 is 1.87 bits per heavy atom. The zero-order chi connectivity index (χ0) is 16.2. The van der Waals surface area contributed by atoms with E-state index in [0.717, 1.165) is 44.9 Å². The molecule has 0 aromatic rings. The van der Waals surface area contributed by atoms with Crippen LogP contribution < -0.4 is 0 Å². The standard InChI is InChI=1S/C20H27NO2/c1-19-9-7-14(21-12-22)11-13(19)3-4-15-16-5-6-18(23)20(16,2)10-8-17(15)19/h3,14-17H,4-11H2,1-2H3. The maximum Gasteiger partial charge on any atom is 0.235 e. The van der Waals surface area contributed by atoms with E-state index in [-0.39, 0.29) is 16.9 Å². The van der Waals surface area contributed by atoms with Gasteiger partial charge >= 0.3 is 0 Å². The molecule has 0 bridgehead atoms. The van der Waals surface area contributed by atoms with Crippen LogP contribution in [0.25, 0.3) is 0 Å². The van der Waals surface area contributed by atoms with E-state index >= 15 is 0 Å². The summed E-state index contributed by atoms with van der Waals surface area (Å²) in [4.78, 5) is 27.0. The Hall–Kier alpha value is -1.21. The molecule has 6 atom stereocenters. The fourth-order valence-electron chi connectivity index (χ4n) is 6.60. The number of Topliss-reactive ketones (excluding diaryl/α,β-unsaturated/α-hetero) is 1. The summed E-state index contributed by atoms with van der Waals surface area (Å²) in [5, 5.41) is 0. The molecular formula is C20H27NO2. The van der Waals surface area contributed by atoms with Gasteiger partial charge in [-0.15, -0.1) is 0 Å². The molecule has 6 unspecified atom stereocenters. The highest BCUT2D eigenvalue weighted by Gasteiger charge is 2.58. The van der Waals surface area contributed by atoms with Crippen molar-refractivity contribution in [3.05, 3.63) is 11.6 Å². The molecule has 0 aromatic heterocycles. The Morgan fingerprint density at radius 3 is 2.65 bits per heavy atom. The lowest BCUT2D eigenvalue weighted by Crippen LogP contribution is -2.50. The third-order valence-electron chi connectivity index (χ3n) is 8.02. The first kappa shape index (κ1) is 15.3. The van der Waals surface area contributed by atoms with Crippen molar-refractivity contribution in [3.63, 3.8) is 0 Å². The lowest BCUT2D eigenvalue weighted by Gasteiger charge is -2.56. The molecule has 0 spiro atoms. The Balaban J connectivity index is 1.65. The van der Waals surface area contributed by atoms with E-state index in [1.165, 1.54) is 12.0 Å². The summed E-state index contributed by atoms with van der Waals surface area (Å²) in [6.45, 7) is 4.68. The van der Waals surface area contributed by atoms with Crippen molar-refractivity contribution in [1.29, 1.82) is 0 Å². The van der Waals surface area contributed by atoms with Gasteiger partial charge in [0.15, 0.2) is 0 Å². The van der Waals surface area contributed by atoms with Gasteiger partial charge in [0.05, 0.1) is 6.04 Å². The number of hydrogen-bond donors (Lipinski definition) is 0. The maximum atomic E-state index is 12.4. The van der Waals surface area contributed by atoms with Crippen LogP contribution in [0.5, 0.6) is 0 Å². The number of nitrogens with zero attached hydrogens (tertiary/aromatic N) is 1. The normalized spacial score (nSPS) is 48.6. The van der Waals surface area contributed by atoms with Gasteiger partial charge in [0, 0.05) is 11.8 Å². The number of carbonyl (C=O) groups is 1. The number of aliphatic imine (C=N–C) groups is 1.